The van der Waals surface area contributed by atoms with Crippen molar-refractivity contribution in [2.45, 2.75) is 31.8 Å². The summed E-state index contributed by atoms with van der Waals surface area (Å²) < 4.78 is 0. The summed E-state index contributed by atoms with van der Waals surface area (Å²) in [7, 11) is 0. The minimum Gasteiger partial charge on any atom is -0.348 e. The van der Waals surface area contributed by atoms with Crippen molar-refractivity contribution in [1.29, 1.82) is 0 Å². The molecule has 3 N–H and O–H groups in total. The largest absolute Gasteiger partial charge is 0.348 e. The van der Waals surface area contributed by atoms with Crippen molar-refractivity contribution in [3.63, 3.8) is 0 Å². The predicted octanol–water partition coefficient (Wildman–Crippen LogP) is 3.28. The van der Waals surface area contributed by atoms with Crippen LogP contribution in [0.15, 0.2) is 60.7 Å². The van der Waals surface area contributed by atoms with Crippen LogP contribution in [-0.4, -0.2) is 30.4 Å². The van der Waals surface area contributed by atoms with Gasteiger partial charge >= 0.3 is 0 Å². The highest BCUT2D eigenvalue weighted by Crippen LogP contribution is 2.22. The zero-order chi connectivity index (χ0) is 18.4. The van der Waals surface area contributed by atoms with Gasteiger partial charge in [0.1, 0.15) is 0 Å². The topological polar surface area (TPSA) is 58.4 Å². The minimum absolute atomic E-state index is 0.00720. The molecule has 1 aliphatic heterocycles. The van der Waals surface area contributed by atoms with Crippen molar-refractivity contribution in [3.8, 4) is 0 Å². The van der Waals surface area contributed by atoms with Gasteiger partial charge in [0.15, 0.2) is 0 Å². The van der Waals surface area contributed by atoms with E-state index in [1.165, 1.54) is 12.8 Å². The maximum absolute atomic E-state index is 12.9. The molecule has 3 unspecified atom stereocenters. The second-order valence-electron chi connectivity index (χ2n) is 7.20. The van der Waals surface area contributed by atoms with Crippen LogP contribution in [0.4, 0.5) is 0 Å². The summed E-state index contributed by atoms with van der Waals surface area (Å²) in [5.41, 5.74) is 8.48. The molecule has 4 heteroatoms. The number of benzene rings is 2. The molecule has 1 fully saturated rings. The smallest absolute Gasteiger partial charge is 0.225 e. The molecular formula is C22H29N3O. The standard InChI is InChI=1S/C22H29N3O/c1-17(21(23)19-12-6-3-7-13-19)22(26)24-20(16-25-14-8-9-15-25)18-10-4-2-5-11-18/h2-7,10-13,17,20-21H,8-9,14-16,23H2,1H3,(H,24,26). The van der Waals surface area contributed by atoms with Gasteiger partial charge in [-0.05, 0) is 37.1 Å². The van der Waals surface area contributed by atoms with Crippen LogP contribution in [-0.2, 0) is 4.79 Å². The van der Waals surface area contributed by atoms with Crippen molar-refractivity contribution in [2.24, 2.45) is 11.7 Å². The fourth-order valence-corrected chi connectivity index (χ4v) is 3.57. The zero-order valence-electron chi connectivity index (χ0n) is 15.5. The summed E-state index contributed by atoms with van der Waals surface area (Å²) in [4.78, 5) is 15.3. The second-order valence-corrected chi connectivity index (χ2v) is 7.20. The van der Waals surface area contributed by atoms with Gasteiger partial charge in [0, 0.05) is 12.6 Å². The zero-order valence-corrected chi connectivity index (χ0v) is 15.5. The molecule has 4 nitrogen and oxygen atoms in total. The van der Waals surface area contributed by atoms with Crippen LogP contribution in [0.2, 0.25) is 0 Å². The number of nitrogens with two attached hydrogens (primary N) is 1. The molecule has 1 saturated heterocycles. The van der Waals surface area contributed by atoms with E-state index in [1.807, 2.05) is 55.5 Å². The van der Waals surface area contributed by atoms with Crippen molar-refractivity contribution >= 4 is 5.91 Å². The van der Waals surface area contributed by atoms with Crippen LogP contribution in [0.3, 0.4) is 0 Å². The number of nitrogens with one attached hydrogen (secondary N) is 1. The molecule has 1 amide bonds. The number of carbonyl (C=O) groups excluding carboxylic acids is 1. The first-order chi connectivity index (χ1) is 12.6. The lowest BCUT2D eigenvalue weighted by atomic mass is 9.94. The third-order valence-electron chi connectivity index (χ3n) is 5.29. The van der Waals surface area contributed by atoms with Crippen molar-refractivity contribution in [1.82, 2.24) is 10.2 Å². The molecule has 2 aromatic rings. The van der Waals surface area contributed by atoms with E-state index >= 15 is 0 Å². The van der Waals surface area contributed by atoms with Gasteiger partial charge in [0.05, 0.1) is 12.0 Å². The Labute approximate surface area is 156 Å². The summed E-state index contributed by atoms with van der Waals surface area (Å²) >= 11 is 0. The molecule has 0 spiro atoms. The first-order valence-electron chi connectivity index (χ1n) is 9.53. The first kappa shape index (κ1) is 18.6. The molecular weight excluding hydrogens is 322 g/mol. The number of hydrogen-bond acceptors (Lipinski definition) is 3. The molecule has 1 heterocycles. The number of rotatable bonds is 7. The van der Waals surface area contributed by atoms with Crippen LogP contribution in [0.5, 0.6) is 0 Å². The van der Waals surface area contributed by atoms with Crippen molar-refractivity contribution in [2.75, 3.05) is 19.6 Å². The molecule has 3 atom stereocenters. The normalized spacial score (nSPS) is 18.2. The number of amides is 1. The van der Waals surface area contributed by atoms with Gasteiger partial charge in [-0.2, -0.15) is 0 Å². The molecule has 0 aliphatic carbocycles. The molecule has 3 rings (SSSR count). The maximum Gasteiger partial charge on any atom is 0.225 e. The molecule has 0 radical (unpaired) electrons. The van der Waals surface area contributed by atoms with Crippen LogP contribution < -0.4 is 11.1 Å². The maximum atomic E-state index is 12.9. The Balaban J connectivity index is 1.69. The quantitative estimate of drug-likeness (QED) is 0.805. The molecule has 138 valence electrons. The second kappa shape index (κ2) is 8.97. The molecule has 0 aromatic heterocycles. The van der Waals surface area contributed by atoms with Gasteiger partial charge in [-0.15, -0.1) is 0 Å². The molecule has 1 aliphatic rings. The van der Waals surface area contributed by atoms with E-state index in [2.05, 4.69) is 22.3 Å². The SMILES string of the molecule is CC(C(=O)NC(CN1CCCC1)c1ccccc1)C(N)c1ccccc1. The Bertz CT molecular complexity index is 683. The summed E-state index contributed by atoms with van der Waals surface area (Å²) in [6.45, 7) is 4.98. The van der Waals surface area contributed by atoms with Gasteiger partial charge in [-0.25, -0.2) is 0 Å². The van der Waals surface area contributed by atoms with Gasteiger partial charge in [-0.1, -0.05) is 67.6 Å². The molecule has 0 bridgehead atoms. The predicted molar refractivity (Wildman–Crippen MR) is 106 cm³/mol. The van der Waals surface area contributed by atoms with E-state index in [9.17, 15) is 4.79 Å². The number of carbonyl (C=O) groups is 1. The van der Waals surface area contributed by atoms with Crippen LogP contribution in [0, 0.1) is 5.92 Å². The third kappa shape index (κ3) is 4.71. The Hall–Kier alpha value is -2.17. The first-order valence-corrected chi connectivity index (χ1v) is 9.53. The average Bonchev–Trinajstić information content (AvgIpc) is 3.20. The summed E-state index contributed by atoms with van der Waals surface area (Å²) in [6, 6.07) is 19.8. The Morgan fingerprint density at radius 2 is 1.54 bits per heavy atom. The summed E-state index contributed by atoms with van der Waals surface area (Å²) in [5, 5.41) is 3.25. The Kier molecular flexibility index (Phi) is 6.42. The molecule has 26 heavy (non-hydrogen) atoms. The van der Waals surface area contributed by atoms with Crippen LogP contribution in [0.1, 0.15) is 43.0 Å². The summed E-state index contributed by atoms with van der Waals surface area (Å²) in [5.74, 6) is -0.281. The van der Waals surface area contributed by atoms with E-state index < -0.39 is 0 Å². The van der Waals surface area contributed by atoms with Crippen molar-refractivity contribution in [3.05, 3.63) is 71.8 Å². The third-order valence-corrected chi connectivity index (χ3v) is 5.29. The van der Waals surface area contributed by atoms with Crippen LogP contribution >= 0.6 is 0 Å². The fraction of sp³-hybridized carbons (Fsp3) is 0.409. The highest BCUT2D eigenvalue weighted by Gasteiger charge is 2.26. The highest BCUT2D eigenvalue weighted by molar-refractivity contribution is 5.79. The van der Waals surface area contributed by atoms with E-state index in [4.69, 9.17) is 5.73 Å². The van der Waals surface area contributed by atoms with Gasteiger partial charge in [0.2, 0.25) is 5.91 Å². The highest BCUT2D eigenvalue weighted by atomic mass is 16.2. The molecule has 2 aromatic carbocycles. The number of nitrogens with zero attached hydrogens (tertiary/aromatic N) is 1. The van der Waals surface area contributed by atoms with E-state index in [0.29, 0.717) is 0 Å². The lowest BCUT2D eigenvalue weighted by Gasteiger charge is -2.27. The monoisotopic (exact) mass is 351 g/mol. The average molecular weight is 351 g/mol. The number of hydrogen-bond donors (Lipinski definition) is 2. The van der Waals surface area contributed by atoms with Crippen LogP contribution in [0.25, 0.3) is 0 Å². The summed E-state index contributed by atoms with van der Waals surface area (Å²) in [6.07, 6.45) is 2.48. The Morgan fingerprint density at radius 1 is 1.00 bits per heavy atom. The van der Waals surface area contributed by atoms with E-state index in [-0.39, 0.29) is 23.9 Å². The van der Waals surface area contributed by atoms with Gasteiger partial charge < -0.3 is 16.0 Å². The molecule has 0 saturated carbocycles. The Morgan fingerprint density at radius 3 is 2.12 bits per heavy atom. The van der Waals surface area contributed by atoms with Gasteiger partial charge in [0.25, 0.3) is 0 Å². The van der Waals surface area contributed by atoms with E-state index in [0.717, 1.165) is 30.8 Å². The van der Waals surface area contributed by atoms with E-state index in [1.54, 1.807) is 0 Å². The number of likely N-dealkylation sites (tertiary alicyclic amines) is 1. The lowest BCUT2D eigenvalue weighted by molar-refractivity contribution is -0.126. The minimum atomic E-state index is -0.306. The lowest BCUT2D eigenvalue weighted by Crippen LogP contribution is -2.41. The van der Waals surface area contributed by atoms with Gasteiger partial charge in [-0.3, -0.25) is 4.79 Å². The fourth-order valence-electron chi connectivity index (χ4n) is 3.57. The van der Waals surface area contributed by atoms with Crippen molar-refractivity contribution < 1.29 is 4.79 Å².